The third-order valence-electron chi connectivity index (χ3n) is 5.74. The third kappa shape index (κ3) is 3.99. The molecule has 3 aromatic heterocycles. The molecule has 0 N–H and O–H groups in total. The van der Waals surface area contributed by atoms with Gasteiger partial charge < -0.3 is 9.64 Å². The standard InChI is InChI=1S/C23H20N6O3S/c1-32-23-26-12-19(13-27-23)18-10-17(11-24)22-25-14-21(29(22)15-18)16-2-4-20(5-3-16)28-6-8-33(30,31)9-7-28/h2-5,10,12-15H,6-9H2,1H3. The summed E-state index contributed by atoms with van der Waals surface area (Å²) in [5.41, 5.74) is 5.30. The molecule has 0 atom stereocenters. The Hall–Kier alpha value is -3.97. The van der Waals surface area contributed by atoms with Gasteiger partial charge in [-0.25, -0.2) is 23.4 Å². The number of anilines is 1. The maximum Gasteiger partial charge on any atom is 0.316 e. The zero-order valence-electron chi connectivity index (χ0n) is 17.8. The van der Waals surface area contributed by atoms with Gasteiger partial charge >= 0.3 is 6.01 Å². The predicted octanol–water partition coefficient (Wildman–Crippen LogP) is 2.57. The van der Waals surface area contributed by atoms with Crippen LogP contribution >= 0.6 is 0 Å². The molecular formula is C23H20N6O3S. The van der Waals surface area contributed by atoms with Crippen LogP contribution in [0.1, 0.15) is 5.56 Å². The minimum atomic E-state index is -2.92. The van der Waals surface area contributed by atoms with E-state index in [0.29, 0.717) is 24.3 Å². The van der Waals surface area contributed by atoms with E-state index in [1.54, 1.807) is 24.7 Å². The first-order valence-corrected chi connectivity index (χ1v) is 12.1. The Labute approximate surface area is 190 Å². The van der Waals surface area contributed by atoms with Gasteiger partial charge in [0, 0.05) is 54.1 Å². The topological polar surface area (TPSA) is 113 Å². The fourth-order valence-corrected chi connectivity index (χ4v) is 5.13. The average Bonchev–Trinajstić information content (AvgIpc) is 3.28. The molecule has 4 aromatic rings. The number of hydrogen-bond donors (Lipinski definition) is 0. The van der Waals surface area contributed by atoms with Crippen LogP contribution in [0.25, 0.3) is 28.0 Å². The van der Waals surface area contributed by atoms with Crippen molar-refractivity contribution in [2.45, 2.75) is 0 Å². The van der Waals surface area contributed by atoms with Gasteiger partial charge in [-0.05, 0) is 18.2 Å². The molecule has 0 radical (unpaired) electrons. The number of aromatic nitrogens is 4. The van der Waals surface area contributed by atoms with E-state index in [-0.39, 0.29) is 17.5 Å². The normalized spacial score (nSPS) is 15.3. The Morgan fingerprint density at radius 1 is 0.970 bits per heavy atom. The number of fused-ring (bicyclic) bond motifs is 1. The smallest absolute Gasteiger partial charge is 0.316 e. The molecule has 1 saturated heterocycles. The molecule has 0 saturated carbocycles. The number of nitriles is 1. The summed E-state index contributed by atoms with van der Waals surface area (Å²) in [7, 11) is -1.42. The summed E-state index contributed by atoms with van der Waals surface area (Å²) in [5, 5.41) is 9.68. The van der Waals surface area contributed by atoms with Crippen LogP contribution in [-0.4, -0.2) is 59.5 Å². The number of nitrogens with zero attached hydrogens (tertiary/aromatic N) is 6. The first kappa shape index (κ1) is 20.9. The van der Waals surface area contributed by atoms with Crippen molar-refractivity contribution in [3.8, 4) is 34.5 Å². The lowest BCUT2D eigenvalue weighted by molar-refractivity contribution is 0.380. The third-order valence-corrected chi connectivity index (χ3v) is 7.35. The SMILES string of the molecule is COc1ncc(-c2cc(C#N)c3ncc(-c4ccc(N5CCS(=O)(=O)CC5)cc4)n3c2)cn1. The first-order valence-electron chi connectivity index (χ1n) is 10.3. The van der Waals surface area contributed by atoms with Crippen molar-refractivity contribution in [1.82, 2.24) is 19.4 Å². The summed E-state index contributed by atoms with van der Waals surface area (Å²) in [5.74, 6) is 0.355. The molecular weight excluding hydrogens is 440 g/mol. The number of pyridine rings is 1. The zero-order valence-corrected chi connectivity index (χ0v) is 18.7. The maximum absolute atomic E-state index is 11.7. The van der Waals surface area contributed by atoms with Gasteiger partial charge in [-0.2, -0.15) is 5.26 Å². The molecule has 1 aliphatic heterocycles. The summed E-state index contributed by atoms with van der Waals surface area (Å²) in [6.45, 7) is 0.992. The second kappa shape index (κ2) is 8.18. The Balaban J connectivity index is 1.51. The number of benzene rings is 1. The van der Waals surface area contributed by atoms with E-state index in [9.17, 15) is 13.7 Å². The second-order valence-corrected chi connectivity index (χ2v) is 10.0. The molecule has 166 valence electrons. The van der Waals surface area contributed by atoms with Gasteiger partial charge in [0.25, 0.3) is 0 Å². The fourth-order valence-electron chi connectivity index (χ4n) is 3.93. The van der Waals surface area contributed by atoms with E-state index in [2.05, 4.69) is 25.9 Å². The number of methoxy groups -OCH3 is 1. The number of ether oxygens (including phenoxy) is 1. The minimum absolute atomic E-state index is 0.177. The number of imidazole rings is 1. The van der Waals surface area contributed by atoms with Crippen LogP contribution in [0, 0.1) is 11.3 Å². The average molecular weight is 461 g/mol. The van der Waals surface area contributed by atoms with E-state index in [0.717, 1.165) is 28.1 Å². The van der Waals surface area contributed by atoms with Crippen molar-refractivity contribution in [3.63, 3.8) is 0 Å². The van der Waals surface area contributed by atoms with Crippen molar-refractivity contribution in [2.24, 2.45) is 0 Å². The molecule has 5 rings (SSSR count). The molecule has 33 heavy (non-hydrogen) atoms. The lowest BCUT2D eigenvalue weighted by Gasteiger charge is -2.28. The van der Waals surface area contributed by atoms with Crippen LogP contribution in [0.4, 0.5) is 5.69 Å². The highest BCUT2D eigenvalue weighted by molar-refractivity contribution is 7.91. The highest BCUT2D eigenvalue weighted by Gasteiger charge is 2.22. The Morgan fingerprint density at radius 2 is 1.67 bits per heavy atom. The van der Waals surface area contributed by atoms with Crippen LogP contribution in [0.3, 0.4) is 0 Å². The number of rotatable bonds is 4. The molecule has 0 spiro atoms. The molecule has 1 aromatic carbocycles. The molecule has 1 aliphatic rings. The van der Waals surface area contributed by atoms with Crippen LogP contribution in [-0.2, 0) is 9.84 Å². The van der Waals surface area contributed by atoms with E-state index in [1.807, 2.05) is 34.9 Å². The molecule has 9 nitrogen and oxygen atoms in total. The highest BCUT2D eigenvalue weighted by atomic mass is 32.2. The Kier molecular flexibility index (Phi) is 5.18. The largest absolute Gasteiger partial charge is 0.467 e. The van der Waals surface area contributed by atoms with Crippen LogP contribution in [0.2, 0.25) is 0 Å². The summed E-state index contributed by atoms with van der Waals surface area (Å²) in [6.07, 6.45) is 6.96. The van der Waals surface area contributed by atoms with E-state index in [4.69, 9.17) is 4.74 Å². The van der Waals surface area contributed by atoms with Crippen molar-refractivity contribution in [3.05, 3.63) is 60.7 Å². The molecule has 1 fully saturated rings. The van der Waals surface area contributed by atoms with Crippen molar-refractivity contribution in [1.29, 1.82) is 5.26 Å². The lowest BCUT2D eigenvalue weighted by Crippen LogP contribution is -2.40. The predicted molar refractivity (Wildman–Crippen MR) is 124 cm³/mol. The monoisotopic (exact) mass is 460 g/mol. The van der Waals surface area contributed by atoms with Gasteiger partial charge in [0.1, 0.15) is 6.07 Å². The highest BCUT2D eigenvalue weighted by Crippen LogP contribution is 2.29. The van der Waals surface area contributed by atoms with Crippen molar-refractivity contribution in [2.75, 3.05) is 36.6 Å². The number of sulfone groups is 1. The molecule has 0 bridgehead atoms. The van der Waals surface area contributed by atoms with Gasteiger partial charge in [-0.3, -0.25) is 4.40 Å². The van der Waals surface area contributed by atoms with E-state index >= 15 is 0 Å². The number of hydrogen-bond acceptors (Lipinski definition) is 8. The summed E-state index contributed by atoms with van der Waals surface area (Å²) in [6, 6.07) is 12.2. The van der Waals surface area contributed by atoms with Gasteiger partial charge in [0.2, 0.25) is 0 Å². The summed E-state index contributed by atoms with van der Waals surface area (Å²) in [4.78, 5) is 14.9. The van der Waals surface area contributed by atoms with Gasteiger partial charge in [-0.15, -0.1) is 0 Å². The van der Waals surface area contributed by atoms with Crippen molar-refractivity contribution >= 4 is 21.2 Å². The first-order chi connectivity index (χ1) is 16.0. The summed E-state index contributed by atoms with van der Waals surface area (Å²) >= 11 is 0. The van der Waals surface area contributed by atoms with E-state index in [1.165, 1.54) is 7.11 Å². The second-order valence-electron chi connectivity index (χ2n) is 7.74. The van der Waals surface area contributed by atoms with Gasteiger partial charge in [0.05, 0.1) is 36.1 Å². The fraction of sp³-hybridized carbons (Fsp3) is 0.217. The quantitative estimate of drug-likeness (QED) is 0.457. The van der Waals surface area contributed by atoms with Gasteiger partial charge in [0.15, 0.2) is 15.5 Å². The molecule has 0 amide bonds. The zero-order chi connectivity index (χ0) is 23.0. The molecule has 0 aliphatic carbocycles. The lowest BCUT2D eigenvalue weighted by atomic mass is 10.1. The Morgan fingerprint density at radius 3 is 2.30 bits per heavy atom. The Bertz CT molecular complexity index is 1460. The molecule has 0 unspecified atom stereocenters. The van der Waals surface area contributed by atoms with Crippen molar-refractivity contribution < 1.29 is 13.2 Å². The minimum Gasteiger partial charge on any atom is -0.467 e. The van der Waals surface area contributed by atoms with Crippen LogP contribution in [0.15, 0.2) is 55.1 Å². The molecule has 10 heteroatoms. The van der Waals surface area contributed by atoms with Gasteiger partial charge in [-0.1, -0.05) is 12.1 Å². The molecule has 4 heterocycles. The summed E-state index contributed by atoms with van der Waals surface area (Å²) < 4.78 is 30.3. The maximum atomic E-state index is 11.7. The van der Waals surface area contributed by atoms with E-state index < -0.39 is 9.84 Å². The van der Waals surface area contributed by atoms with Crippen LogP contribution < -0.4 is 9.64 Å². The van der Waals surface area contributed by atoms with Crippen LogP contribution in [0.5, 0.6) is 6.01 Å².